The zero-order chi connectivity index (χ0) is 21.8. The quantitative estimate of drug-likeness (QED) is 0.530. The second-order valence-corrected chi connectivity index (χ2v) is 8.03. The Kier molecular flexibility index (Phi) is 6.23. The van der Waals surface area contributed by atoms with Gasteiger partial charge in [0.05, 0.1) is 6.42 Å². The van der Waals surface area contributed by atoms with Crippen molar-refractivity contribution >= 4 is 23.7 Å². The van der Waals surface area contributed by atoms with Gasteiger partial charge in [-0.25, -0.2) is 4.79 Å². The number of carboxylic acid groups (broad SMARTS) is 1. The lowest BCUT2D eigenvalue weighted by Crippen LogP contribution is -2.39. The highest BCUT2D eigenvalue weighted by Crippen LogP contribution is 2.44. The van der Waals surface area contributed by atoms with Crippen LogP contribution >= 0.6 is 11.6 Å². The number of carbonyl (C=O) groups is 2. The summed E-state index contributed by atoms with van der Waals surface area (Å²) < 4.78 is 5.54. The van der Waals surface area contributed by atoms with Crippen LogP contribution in [0.2, 0.25) is 5.02 Å². The van der Waals surface area contributed by atoms with Crippen molar-refractivity contribution in [3.05, 3.63) is 94.5 Å². The first-order chi connectivity index (χ1) is 15.0. The zero-order valence-electron chi connectivity index (χ0n) is 16.8. The largest absolute Gasteiger partial charge is 0.481 e. The topological polar surface area (TPSA) is 75.6 Å². The van der Waals surface area contributed by atoms with Gasteiger partial charge in [-0.15, -0.1) is 0 Å². The fourth-order valence-corrected chi connectivity index (χ4v) is 4.22. The van der Waals surface area contributed by atoms with Crippen LogP contribution in [0.25, 0.3) is 11.1 Å². The van der Waals surface area contributed by atoms with Crippen molar-refractivity contribution in [1.29, 1.82) is 0 Å². The molecule has 0 saturated carbocycles. The molecule has 3 aromatic carbocycles. The highest BCUT2D eigenvalue weighted by molar-refractivity contribution is 6.30. The second-order valence-electron chi connectivity index (χ2n) is 7.60. The molecule has 0 bridgehead atoms. The number of benzene rings is 3. The molecular formula is C25H22ClNO4. The van der Waals surface area contributed by atoms with Gasteiger partial charge in [0.15, 0.2) is 0 Å². The molecule has 3 aromatic rings. The van der Waals surface area contributed by atoms with E-state index < -0.39 is 18.1 Å². The Morgan fingerprint density at radius 3 is 2.10 bits per heavy atom. The Bertz CT molecular complexity index is 1050. The fraction of sp³-hybridized carbons (Fsp3) is 0.200. The minimum Gasteiger partial charge on any atom is -0.481 e. The summed E-state index contributed by atoms with van der Waals surface area (Å²) in [6, 6.07) is 22.7. The molecule has 0 saturated heterocycles. The number of rotatable bonds is 7. The SMILES string of the molecule is O=C(O)C[C@@H](Cc1ccc(Cl)cc1)NC(=O)OCC1c2ccccc2-c2ccccc21. The van der Waals surface area contributed by atoms with Gasteiger partial charge in [0.25, 0.3) is 0 Å². The molecule has 1 aliphatic rings. The summed E-state index contributed by atoms with van der Waals surface area (Å²) in [5.74, 6) is -1.04. The number of fused-ring (bicyclic) bond motifs is 3. The Morgan fingerprint density at radius 2 is 1.52 bits per heavy atom. The molecular weight excluding hydrogens is 414 g/mol. The molecule has 5 nitrogen and oxygen atoms in total. The normalized spacial score (nSPS) is 13.2. The van der Waals surface area contributed by atoms with Crippen molar-refractivity contribution in [2.24, 2.45) is 0 Å². The number of carbonyl (C=O) groups excluding carboxylic acids is 1. The average Bonchev–Trinajstić information content (AvgIpc) is 3.07. The van der Waals surface area contributed by atoms with Crippen molar-refractivity contribution in [1.82, 2.24) is 5.32 Å². The number of aliphatic carboxylic acids is 1. The molecule has 0 spiro atoms. The number of nitrogens with one attached hydrogen (secondary N) is 1. The Morgan fingerprint density at radius 1 is 0.935 bits per heavy atom. The second kappa shape index (κ2) is 9.23. The molecule has 4 rings (SSSR count). The van der Waals surface area contributed by atoms with Crippen molar-refractivity contribution in [2.45, 2.75) is 24.8 Å². The van der Waals surface area contributed by atoms with Gasteiger partial charge in [-0.3, -0.25) is 4.79 Å². The van der Waals surface area contributed by atoms with Crippen LogP contribution in [0.15, 0.2) is 72.8 Å². The van der Waals surface area contributed by atoms with E-state index in [0.717, 1.165) is 27.8 Å². The zero-order valence-corrected chi connectivity index (χ0v) is 17.5. The summed E-state index contributed by atoms with van der Waals surface area (Å²) in [7, 11) is 0. The Balaban J connectivity index is 1.42. The third-order valence-corrected chi connectivity index (χ3v) is 5.73. The minimum absolute atomic E-state index is 0.0488. The highest BCUT2D eigenvalue weighted by Gasteiger charge is 2.29. The van der Waals surface area contributed by atoms with Crippen LogP contribution in [-0.2, 0) is 16.0 Å². The van der Waals surface area contributed by atoms with E-state index in [-0.39, 0.29) is 18.9 Å². The average molecular weight is 436 g/mol. The molecule has 31 heavy (non-hydrogen) atoms. The lowest BCUT2D eigenvalue weighted by molar-refractivity contribution is -0.137. The maximum atomic E-state index is 12.5. The molecule has 6 heteroatoms. The van der Waals surface area contributed by atoms with Gasteiger partial charge in [-0.2, -0.15) is 0 Å². The van der Waals surface area contributed by atoms with Gasteiger partial charge in [0.1, 0.15) is 6.61 Å². The molecule has 1 atom stereocenters. The molecule has 0 heterocycles. The van der Waals surface area contributed by atoms with E-state index in [4.69, 9.17) is 16.3 Å². The van der Waals surface area contributed by atoms with Gasteiger partial charge in [-0.05, 0) is 46.4 Å². The van der Waals surface area contributed by atoms with E-state index in [1.807, 2.05) is 36.4 Å². The van der Waals surface area contributed by atoms with Gasteiger partial charge in [-0.1, -0.05) is 72.3 Å². The minimum atomic E-state index is -0.988. The number of hydrogen-bond acceptors (Lipinski definition) is 3. The number of amides is 1. The van der Waals surface area contributed by atoms with Gasteiger partial charge < -0.3 is 15.2 Å². The maximum Gasteiger partial charge on any atom is 0.407 e. The third-order valence-electron chi connectivity index (χ3n) is 5.48. The van der Waals surface area contributed by atoms with Crippen LogP contribution in [0.5, 0.6) is 0 Å². The lowest BCUT2D eigenvalue weighted by Gasteiger charge is -2.19. The van der Waals surface area contributed by atoms with Crippen LogP contribution in [-0.4, -0.2) is 29.8 Å². The maximum absolute atomic E-state index is 12.5. The first-order valence-electron chi connectivity index (χ1n) is 10.1. The predicted molar refractivity (Wildman–Crippen MR) is 119 cm³/mol. The standard InChI is InChI=1S/C25H22ClNO4/c26-17-11-9-16(10-12-17)13-18(14-24(28)29)27-25(30)31-15-23-21-7-3-1-5-19(21)20-6-2-4-8-22(20)23/h1-12,18,23H,13-15H2,(H,27,30)(H,28,29)/t18-/m1/s1. The summed E-state index contributed by atoms with van der Waals surface area (Å²) in [6.07, 6.45) is -0.456. The van der Waals surface area contributed by atoms with Crippen molar-refractivity contribution in [2.75, 3.05) is 6.61 Å². The van der Waals surface area contributed by atoms with Gasteiger partial charge in [0, 0.05) is 17.0 Å². The monoisotopic (exact) mass is 435 g/mol. The van der Waals surface area contributed by atoms with Crippen LogP contribution in [0.1, 0.15) is 29.0 Å². The van der Waals surface area contributed by atoms with E-state index in [9.17, 15) is 14.7 Å². The molecule has 1 amide bonds. The number of halogens is 1. The molecule has 1 aliphatic carbocycles. The van der Waals surface area contributed by atoms with E-state index in [2.05, 4.69) is 29.6 Å². The number of carboxylic acids is 1. The summed E-state index contributed by atoms with van der Waals surface area (Å²) in [5.41, 5.74) is 5.44. The molecule has 0 aromatic heterocycles. The number of hydrogen-bond donors (Lipinski definition) is 2. The van der Waals surface area contributed by atoms with Crippen LogP contribution in [0, 0.1) is 0 Å². The molecule has 0 aliphatic heterocycles. The van der Waals surface area contributed by atoms with Gasteiger partial charge >= 0.3 is 12.1 Å². The van der Waals surface area contributed by atoms with Crippen molar-refractivity contribution in [3.8, 4) is 11.1 Å². The van der Waals surface area contributed by atoms with Crippen LogP contribution in [0.4, 0.5) is 4.79 Å². The lowest BCUT2D eigenvalue weighted by atomic mass is 9.98. The van der Waals surface area contributed by atoms with Crippen molar-refractivity contribution in [3.63, 3.8) is 0 Å². The number of ether oxygens (including phenoxy) is 1. The van der Waals surface area contributed by atoms with E-state index in [1.165, 1.54) is 0 Å². The van der Waals surface area contributed by atoms with Crippen LogP contribution < -0.4 is 5.32 Å². The smallest absolute Gasteiger partial charge is 0.407 e. The number of alkyl carbamates (subject to hydrolysis) is 1. The third kappa shape index (κ3) is 4.89. The van der Waals surface area contributed by atoms with E-state index in [0.29, 0.717) is 11.4 Å². The summed E-state index contributed by atoms with van der Waals surface area (Å²) in [4.78, 5) is 23.8. The summed E-state index contributed by atoms with van der Waals surface area (Å²) in [5, 5.41) is 12.5. The van der Waals surface area contributed by atoms with E-state index in [1.54, 1.807) is 12.1 Å². The van der Waals surface area contributed by atoms with Crippen LogP contribution in [0.3, 0.4) is 0 Å². The predicted octanol–water partition coefficient (Wildman–Crippen LogP) is 5.26. The summed E-state index contributed by atoms with van der Waals surface area (Å²) >= 11 is 5.91. The van der Waals surface area contributed by atoms with E-state index >= 15 is 0 Å². The first-order valence-corrected chi connectivity index (χ1v) is 10.5. The van der Waals surface area contributed by atoms with Gasteiger partial charge in [0.2, 0.25) is 0 Å². The summed E-state index contributed by atoms with van der Waals surface area (Å²) in [6.45, 7) is 0.181. The fourth-order valence-electron chi connectivity index (χ4n) is 4.10. The van der Waals surface area contributed by atoms with Crippen molar-refractivity contribution < 1.29 is 19.4 Å². The molecule has 0 radical (unpaired) electrons. The molecule has 158 valence electrons. The molecule has 0 unspecified atom stereocenters. The molecule has 0 fully saturated rings. The Hall–Kier alpha value is -3.31. The Labute approximate surface area is 185 Å². The highest BCUT2D eigenvalue weighted by atomic mass is 35.5. The first kappa shape index (κ1) is 20.9. The molecule has 2 N–H and O–H groups in total.